The average molecular weight is 319 g/mol. The fourth-order valence-electron chi connectivity index (χ4n) is 3.05. The van der Waals surface area contributed by atoms with Crippen molar-refractivity contribution in [1.29, 1.82) is 0 Å². The molecule has 2 rings (SSSR count). The number of nitrogens with zero attached hydrogens (tertiary/aromatic N) is 2. The Labute approximate surface area is 139 Å². The highest BCUT2D eigenvalue weighted by Gasteiger charge is 2.24. The molecule has 23 heavy (non-hydrogen) atoms. The van der Waals surface area contributed by atoms with Crippen molar-refractivity contribution in [3.05, 3.63) is 30.1 Å². The number of hydrogen-bond acceptors (Lipinski definition) is 4. The van der Waals surface area contributed by atoms with Crippen molar-refractivity contribution >= 4 is 5.91 Å². The van der Waals surface area contributed by atoms with E-state index in [9.17, 15) is 4.79 Å². The van der Waals surface area contributed by atoms with Gasteiger partial charge < -0.3 is 10.1 Å². The number of hydrogen-bond donors (Lipinski definition) is 1. The number of carbonyl (C=O) groups is 1. The Hall–Kier alpha value is -1.46. The van der Waals surface area contributed by atoms with Crippen LogP contribution in [-0.2, 0) is 16.1 Å². The van der Waals surface area contributed by atoms with Crippen LogP contribution in [0.4, 0.5) is 0 Å². The van der Waals surface area contributed by atoms with Crippen LogP contribution >= 0.6 is 0 Å². The molecule has 0 unspecified atom stereocenters. The summed E-state index contributed by atoms with van der Waals surface area (Å²) in [5, 5.41) is 3.22. The minimum atomic E-state index is -0.186. The standard InChI is InChI=1S/C18H29N3O2/c1-15(18(22)20-16-8-4-3-5-9-16)21(12-13-23-2)14-17-10-6-7-11-19-17/h6-7,10-11,15-16H,3-5,8-9,12-14H2,1-2H3,(H,20,22)/t15-/m1/s1. The third kappa shape index (κ3) is 5.92. The molecule has 5 nitrogen and oxygen atoms in total. The Balaban J connectivity index is 1.94. The van der Waals surface area contributed by atoms with Crippen LogP contribution in [0.25, 0.3) is 0 Å². The van der Waals surface area contributed by atoms with Crippen molar-refractivity contribution in [3.8, 4) is 0 Å². The van der Waals surface area contributed by atoms with Crippen molar-refractivity contribution in [2.45, 2.75) is 57.7 Å². The summed E-state index contributed by atoms with van der Waals surface area (Å²) >= 11 is 0. The second-order valence-electron chi connectivity index (χ2n) is 6.30. The van der Waals surface area contributed by atoms with E-state index in [2.05, 4.69) is 15.2 Å². The van der Waals surface area contributed by atoms with Gasteiger partial charge in [0.1, 0.15) is 0 Å². The molecule has 1 fully saturated rings. The topological polar surface area (TPSA) is 54.5 Å². The Morgan fingerprint density at radius 3 is 2.83 bits per heavy atom. The van der Waals surface area contributed by atoms with Crippen LogP contribution in [0, 0.1) is 0 Å². The van der Waals surface area contributed by atoms with Crippen LogP contribution in [0.3, 0.4) is 0 Å². The third-order valence-corrected chi connectivity index (χ3v) is 4.55. The molecule has 0 aromatic carbocycles. The number of carbonyl (C=O) groups excluding carboxylic acids is 1. The molecule has 0 spiro atoms. The summed E-state index contributed by atoms with van der Waals surface area (Å²) < 4.78 is 5.20. The molecule has 1 aromatic rings. The maximum Gasteiger partial charge on any atom is 0.237 e. The van der Waals surface area contributed by atoms with Gasteiger partial charge in [-0.2, -0.15) is 0 Å². The fourth-order valence-corrected chi connectivity index (χ4v) is 3.05. The van der Waals surface area contributed by atoms with E-state index in [0.29, 0.717) is 25.7 Å². The van der Waals surface area contributed by atoms with Gasteiger partial charge in [-0.25, -0.2) is 0 Å². The van der Waals surface area contributed by atoms with E-state index in [1.54, 1.807) is 13.3 Å². The van der Waals surface area contributed by atoms with E-state index >= 15 is 0 Å². The minimum Gasteiger partial charge on any atom is -0.383 e. The number of ether oxygens (including phenoxy) is 1. The molecule has 1 atom stereocenters. The average Bonchev–Trinajstić information content (AvgIpc) is 2.59. The lowest BCUT2D eigenvalue weighted by atomic mass is 9.95. The van der Waals surface area contributed by atoms with E-state index in [1.807, 2.05) is 25.1 Å². The SMILES string of the molecule is COCCN(Cc1ccccn1)[C@H](C)C(=O)NC1CCCCC1. The van der Waals surface area contributed by atoms with E-state index in [-0.39, 0.29) is 11.9 Å². The fraction of sp³-hybridized carbons (Fsp3) is 0.667. The normalized spacial score (nSPS) is 17.2. The Bertz CT molecular complexity index is 461. The number of nitrogens with one attached hydrogen (secondary N) is 1. The highest BCUT2D eigenvalue weighted by molar-refractivity contribution is 5.81. The second-order valence-corrected chi connectivity index (χ2v) is 6.30. The summed E-state index contributed by atoms with van der Waals surface area (Å²) in [6.45, 7) is 3.94. The van der Waals surface area contributed by atoms with E-state index in [1.165, 1.54) is 19.3 Å². The van der Waals surface area contributed by atoms with E-state index in [0.717, 1.165) is 18.5 Å². The van der Waals surface area contributed by atoms with Gasteiger partial charge in [-0.3, -0.25) is 14.7 Å². The Kier molecular flexibility index (Phi) is 7.49. The van der Waals surface area contributed by atoms with Crippen LogP contribution in [0.2, 0.25) is 0 Å². The number of rotatable bonds is 8. The zero-order chi connectivity index (χ0) is 16.5. The molecule has 0 saturated heterocycles. The van der Waals surface area contributed by atoms with Crippen LogP contribution in [0.5, 0.6) is 0 Å². The zero-order valence-corrected chi connectivity index (χ0v) is 14.3. The summed E-state index contributed by atoms with van der Waals surface area (Å²) in [6.07, 6.45) is 7.74. The molecule has 1 aromatic heterocycles. The van der Waals surface area contributed by atoms with Crippen LogP contribution < -0.4 is 5.32 Å². The predicted molar refractivity (Wildman–Crippen MR) is 91.0 cm³/mol. The molecule has 0 aliphatic heterocycles. The smallest absolute Gasteiger partial charge is 0.237 e. The maximum atomic E-state index is 12.6. The van der Waals surface area contributed by atoms with Crippen LogP contribution in [-0.4, -0.2) is 48.1 Å². The first-order chi connectivity index (χ1) is 11.2. The summed E-state index contributed by atoms with van der Waals surface area (Å²) in [7, 11) is 1.69. The molecule has 1 aliphatic rings. The molecule has 1 aliphatic carbocycles. The lowest BCUT2D eigenvalue weighted by Gasteiger charge is -2.30. The third-order valence-electron chi connectivity index (χ3n) is 4.55. The van der Waals surface area contributed by atoms with Crippen molar-refractivity contribution < 1.29 is 9.53 Å². The first-order valence-electron chi connectivity index (χ1n) is 8.64. The lowest BCUT2D eigenvalue weighted by molar-refractivity contribution is -0.127. The number of aromatic nitrogens is 1. The molecule has 0 bridgehead atoms. The van der Waals surface area contributed by atoms with Gasteiger partial charge in [0.25, 0.3) is 0 Å². The quantitative estimate of drug-likeness (QED) is 0.799. The highest BCUT2D eigenvalue weighted by atomic mass is 16.5. The van der Waals surface area contributed by atoms with Crippen molar-refractivity contribution in [2.24, 2.45) is 0 Å². The van der Waals surface area contributed by atoms with Crippen LogP contribution in [0.15, 0.2) is 24.4 Å². The molecule has 1 saturated carbocycles. The number of methoxy groups -OCH3 is 1. The van der Waals surface area contributed by atoms with Crippen molar-refractivity contribution in [1.82, 2.24) is 15.2 Å². The molecule has 1 N–H and O–H groups in total. The molecule has 5 heteroatoms. The summed E-state index contributed by atoms with van der Waals surface area (Å²) in [4.78, 5) is 19.1. The van der Waals surface area contributed by atoms with Gasteiger partial charge in [0.15, 0.2) is 0 Å². The lowest BCUT2D eigenvalue weighted by Crippen LogP contribution is -2.49. The van der Waals surface area contributed by atoms with Gasteiger partial charge in [0.2, 0.25) is 5.91 Å². The second kappa shape index (κ2) is 9.63. The van der Waals surface area contributed by atoms with Gasteiger partial charge in [-0.1, -0.05) is 25.3 Å². The highest BCUT2D eigenvalue weighted by Crippen LogP contribution is 2.18. The molecule has 0 radical (unpaired) electrons. The Morgan fingerprint density at radius 2 is 2.17 bits per heavy atom. The molecular formula is C18H29N3O2. The zero-order valence-electron chi connectivity index (χ0n) is 14.3. The van der Waals surface area contributed by atoms with Gasteiger partial charge in [0, 0.05) is 32.4 Å². The van der Waals surface area contributed by atoms with Gasteiger partial charge in [-0.15, -0.1) is 0 Å². The maximum absolute atomic E-state index is 12.6. The molecule has 1 amide bonds. The number of amides is 1. The largest absolute Gasteiger partial charge is 0.383 e. The van der Waals surface area contributed by atoms with Crippen LogP contribution in [0.1, 0.15) is 44.7 Å². The Morgan fingerprint density at radius 1 is 1.39 bits per heavy atom. The van der Waals surface area contributed by atoms with E-state index < -0.39 is 0 Å². The molecular weight excluding hydrogens is 290 g/mol. The van der Waals surface area contributed by atoms with Gasteiger partial charge >= 0.3 is 0 Å². The first-order valence-corrected chi connectivity index (χ1v) is 8.64. The van der Waals surface area contributed by atoms with E-state index in [4.69, 9.17) is 4.74 Å². The molecule has 128 valence electrons. The summed E-state index contributed by atoms with van der Waals surface area (Å²) in [5.41, 5.74) is 0.973. The first kappa shape index (κ1) is 17.9. The minimum absolute atomic E-state index is 0.115. The van der Waals surface area contributed by atoms with Gasteiger partial charge in [-0.05, 0) is 31.9 Å². The van der Waals surface area contributed by atoms with Crippen molar-refractivity contribution in [3.63, 3.8) is 0 Å². The predicted octanol–water partition coefficient (Wildman–Crippen LogP) is 2.37. The van der Waals surface area contributed by atoms with Crippen molar-refractivity contribution in [2.75, 3.05) is 20.3 Å². The number of pyridine rings is 1. The molecule has 1 heterocycles. The summed E-state index contributed by atoms with van der Waals surface area (Å²) in [5.74, 6) is 0.115. The van der Waals surface area contributed by atoms with Gasteiger partial charge in [0.05, 0.1) is 18.3 Å². The monoisotopic (exact) mass is 319 g/mol. The summed E-state index contributed by atoms with van der Waals surface area (Å²) in [6, 6.07) is 6.03.